The van der Waals surface area contributed by atoms with Crippen LogP contribution in [0.25, 0.3) is 0 Å². The minimum Gasteiger partial charge on any atom is -0.508 e. The molecule has 0 bridgehead atoms. The molecule has 0 saturated heterocycles. The summed E-state index contributed by atoms with van der Waals surface area (Å²) in [6.45, 7) is 2.63. The minimum absolute atomic E-state index is 0.00458. The number of carbonyl (C=O) groups excluding carboxylic acids is 2. The Bertz CT molecular complexity index is 1620. The first-order valence-corrected chi connectivity index (χ1v) is 15.1. The lowest BCUT2D eigenvalue weighted by Gasteiger charge is -2.18. The molecule has 0 aliphatic carbocycles. The minimum atomic E-state index is -0.793. The smallest absolute Gasteiger partial charge is 0.251 e. The van der Waals surface area contributed by atoms with E-state index < -0.39 is 6.10 Å². The summed E-state index contributed by atoms with van der Waals surface area (Å²) in [5.74, 6) is 0.0159. The standard InChI is InChI=1S/C36H41N3O7/c1-23(37-21-33(43)29-11-13-31(41)30(18-29)22-40)14-25-4-3-5-26(15-25)17-35(44)38-19-24-6-9-28(10-7-24)36(45)39-20-27-8-12-32(42)34(16-27)46-2/h3-13,15-16,18,23,33,37,40-43H,14,17,19-22H2,1-2H3,(H,38,44)(H,39,45)/t23?,33-/m0/s1. The molecule has 10 heteroatoms. The van der Waals surface area contributed by atoms with E-state index in [9.17, 15) is 30.0 Å². The Morgan fingerprint density at radius 1 is 0.804 bits per heavy atom. The van der Waals surface area contributed by atoms with Crippen LogP contribution in [0.1, 0.15) is 56.8 Å². The van der Waals surface area contributed by atoms with E-state index in [2.05, 4.69) is 16.0 Å². The van der Waals surface area contributed by atoms with E-state index in [0.717, 1.165) is 22.3 Å². The Hall–Kier alpha value is -4.90. The molecule has 0 saturated carbocycles. The van der Waals surface area contributed by atoms with Crippen LogP contribution in [0.5, 0.6) is 17.2 Å². The maximum Gasteiger partial charge on any atom is 0.251 e. The molecule has 0 radical (unpaired) electrons. The number of carbonyl (C=O) groups is 2. The van der Waals surface area contributed by atoms with Gasteiger partial charge in [0.25, 0.3) is 5.91 Å². The van der Waals surface area contributed by atoms with E-state index in [4.69, 9.17) is 4.74 Å². The molecule has 7 N–H and O–H groups in total. The summed E-state index contributed by atoms with van der Waals surface area (Å²) in [6.07, 6.45) is 0.131. The molecule has 4 aromatic rings. The van der Waals surface area contributed by atoms with Crippen molar-refractivity contribution in [2.75, 3.05) is 13.7 Å². The molecule has 1 unspecified atom stereocenters. The van der Waals surface area contributed by atoms with Crippen molar-refractivity contribution in [3.8, 4) is 17.2 Å². The first-order valence-electron chi connectivity index (χ1n) is 15.1. The fourth-order valence-electron chi connectivity index (χ4n) is 5.00. The molecule has 2 atom stereocenters. The van der Waals surface area contributed by atoms with Crippen LogP contribution in [0.4, 0.5) is 0 Å². The van der Waals surface area contributed by atoms with Gasteiger partial charge in [0.15, 0.2) is 11.5 Å². The van der Waals surface area contributed by atoms with E-state index in [0.29, 0.717) is 42.0 Å². The van der Waals surface area contributed by atoms with Crippen LogP contribution in [0.3, 0.4) is 0 Å². The Balaban J connectivity index is 1.20. The maximum absolute atomic E-state index is 12.7. The van der Waals surface area contributed by atoms with Crippen molar-refractivity contribution >= 4 is 11.8 Å². The quantitative estimate of drug-likeness (QED) is 0.105. The van der Waals surface area contributed by atoms with Gasteiger partial charge in [-0.2, -0.15) is 0 Å². The summed E-state index contributed by atoms with van der Waals surface area (Å²) in [7, 11) is 1.47. The van der Waals surface area contributed by atoms with E-state index in [1.165, 1.54) is 19.2 Å². The highest BCUT2D eigenvalue weighted by atomic mass is 16.5. The number of nitrogens with one attached hydrogen (secondary N) is 3. The number of benzene rings is 4. The molecule has 10 nitrogen and oxygen atoms in total. The van der Waals surface area contributed by atoms with Gasteiger partial charge in [-0.3, -0.25) is 9.59 Å². The van der Waals surface area contributed by atoms with Gasteiger partial charge in [0, 0.05) is 36.8 Å². The summed E-state index contributed by atoms with van der Waals surface area (Å²) in [5, 5.41) is 48.5. The number of methoxy groups -OCH3 is 1. The SMILES string of the molecule is COc1cc(CNC(=O)c2ccc(CNC(=O)Cc3cccc(CC(C)NC[C@H](O)c4ccc(O)c(CO)c4)c3)cc2)ccc1O. The number of aliphatic hydroxyl groups excluding tert-OH is 2. The number of rotatable bonds is 15. The van der Waals surface area contributed by atoms with Crippen molar-refractivity contribution in [2.45, 2.75) is 51.6 Å². The van der Waals surface area contributed by atoms with Gasteiger partial charge in [-0.25, -0.2) is 0 Å². The predicted molar refractivity (Wildman–Crippen MR) is 174 cm³/mol. The molecule has 0 aromatic heterocycles. The Morgan fingerprint density at radius 2 is 1.50 bits per heavy atom. The molecule has 0 fully saturated rings. The normalized spacial score (nSPS) is 12.3. The number of amides is 2. The third-order valence-electron chi connectivity index (χ3n) is 7.62. The summed E-state index contributed by atoms with van der Waals surface area (Å²) in [4.78, 5) is 25.3. The summed E-state index contributed by atoms with van der Waals surface area (Å²) >= 11 is 0. The Labute approximate surface area is 268 Å². The first-order chi connectivity index (χ1) is 22.1. The number of phenolic OH excluding ortho intramolecular Hbond substituents is 1. The Kier molecular flexibility index (Phi) is 12.1. The average molecular weight is 628 g/mol. The third-order valence-corrected chi connectivity index (χ3v) is 7.62. The molecule has 242 valence electrons. The van der Waals surface area contributed by atoms with Crippen LogP contribution in [-0.4, -0.2) is 51.9 Å². The first kappa shape index (κ1) is 34.0. The lowest BCUT2D eigenvalue weighted by molar-refractivity contribution is -0.120. The number of phenols is 2. The number of hydrogen-bond donors (Lipinski definition) is 7. The van der Waals surface area contributed by atoms with E-state index in [-0.39, 0.29) is 48.9 Å². The van der Waals surface area contributed by atoms with Crippen molar-refractivity contribution < 1.29 is 34.8 Å². The molecule has 0 aliphatic heterocycles. The highest BCUT2D eigenvalue weighted by molar-refractivity contribution is 5.94. The van der Waals surface area contributed by atoms with Crippen LogP contribution in [0, 0.1) is 0 Å². The van der Waals surface area contributed by atoms with Crippen LogP contribution < -0.4 is 20.7 Å². The third kappa shape index (κ3) is 9.80. The number of aromatic hydroxyl groups is 2. The molecule has 4 aromatic carbocycles. The monoisotopic (exact) mass is 627 g/mol. The maximum atomic E-state index is 12.7. The second-order valence-electron chi connectivity index (χ2n) is 11.2. The van der Waals surface area contributed by atoms with Crippen LogP contribution in [0.15, 0.2) is 84.9 Å². The highest BCUT2D eigenvalue weighted by Crippen LogP contribution is 2.26. The number of aliphatic hydroxyl groups is 2. The molecular weight excluding hydrogens is 586 g/mol. The van der Waals surface area contributed by atoms with Gasteiger partial charge in [0.05, 0.1) is 26.2 Å². The molecule has 2 amide bonds. The van der Waals surface area contributed by atoms with Crippen molar-refractivity contribution in [1.82, 2.24) is 16.0 Å². The fourth-order valence-corrected chi connectivity index (χ4v) is 5.00. The van der Waals surface area contributed by atoms with Crippen molar-refractivity contribution in [3.63, 3.8) is 0 Å². The lowest BCUT2D eigenvalue weighted by Crippen LogP contribution is -2.32. The van der Waals surface area contributed by atoms with Crippen LogP contribution in [-0.2, 0) is 37.3 Å². The molecule has 0 aliphatic rings. The van der Waals surface area contributed by atoms with E-state index in [1.807, 2.05) is 31.2 Å². The van der Waals surface area contributed by atoms with Crippen molar-refractivity contribution in [3.05, 3.63) is 124 Å². The second-order valence-corrected chi connectivity index (χ2v) is 11.2. The van der Waals surface area contributed by atoms with Gasteiger partial charge in [-0.15, -0.1) is 0 Å². The molecular formula is C36H41N3O7. The lowest BCUT2D eigenvalue weighted by atomic mass is 10.0. The zero-order valence-electron chi connectivity index (χ0n) is 26.0. The molecule has 0 spiro atoms. The van der Waals surface area contributed by atoms with Gasteiger partial charge in [-0.1, -0.05) is 48.5 Å². The van der Waals surface area contributed by atoms with Crippen molar-refractivity contribution in [2.24, 2.45) is 0 Å². The van der Waals surface area contributed by atoms with Gasteiger partial charge in [-0.05, 0) is 77.6 Å². The zero-order chi connectivity index (χ0) is 33.1. The van der Waals surface area contributed by atoms with E-state index >= 15 is 0 Å². The average Bonchev–Trinajstić information content (AvgIpc) is 3.06. The molecule has 0 heterocycles. The van der Waals surface area contributed by atoms with Crippen LogP contribution >= 0.6 is 0 Å². The zero-order valence-corrected chi connectivity index (χ0v) is 26.0. The highest BCUT2D eigenvalue weighted by Gasteiger charge is 2.13. The molecule has 46 heavy (non-hydrogen) atoms. The van der Waals surface area contributed by atoms with Crippen LogP contribution in [0.2, 0.25) is 0 Å². The number of hydrogen-bond acceptors (Lipinski definition) is 8. The van der Waals surface area contributed by atoms with Gasteiger partial charge >= 0.3 is 0 Å². The molecule has 4 rings (SSSR count). The largest absolute Gasteiger partial charge is 0.508 e. The summed E-state index contributed by atoms with van der Waals surface area (Å²) in [5.41, 5.74) is 5.08. The second kappa shape index (κ2) is 16.4. The predicted octanol–water partition coefficient (Wildman–Crippen LogP) is 3.64. The topological polar surface area (TPSA) is 160 Å². The fraction of sp³-hybridized carbons (Fsp3) is 0.278. The Morgan fingerprint density at radius 3 is 2.24 bits per heavy atom. The summed E-state index contributed by atoms with van der Waals surface area (Å²) in [6, 6.07) is 24.5. The van der Waals surface area contributed by atoms with Gasteiger partial charge in [0.1, 0.15) is 5.75 Å². The van der Waals surface area contributed by atoms with Crippen molar-refractivity contribution in [1.29, 1.82) is 0 Å². The number of ether oxygens (including phenoxy) is 1. The van der Waals surface area contributed by atoms with E-state index in [1.54, 1.807) is 48.5 Å². The van der Waals surface area contributed by atoms with Gasteiger partial charge in [0.2, 0.25) is 5.91 Å². The van der Waals surface area contributed by atoms with Gasteiger partial charge < -0.3 is 41.1 Å². The summed E-state index contributed by atoms with van der Waals surface area (Å²) < 4.78 is 5.10.